The maximum absolute atomic E-state index is 13.4. The molecule has 1 aromatic carbocycles. The topological polar surface area (TPSA) is 168 Å². The third-order valence-electron chi connectivity index (χ3n) is 9.11. The first-order valence-electron chi connectivity index (χ1n) is 16.9. The molecule has 266 valence electrons. The van der Waals surface area contributed by atoms with Crippen LogP contribution in [-0.2, 0) is 22.7 Å². The second kappa shape index (κ2) is 16.3. The SMILES string of the molecule is COc1cc(C(=O)Nc2cccc(-c3nccc(-c4ccc(CNC[C@H]5CCC(=O)N5)c(OC)n4)c3Cl)c2C)ncc1CNC[C@@H]1CCC(=O)N1. The van der Waals surface area contributed by atoms with E-state index in [1.54, 1.807) is 38.7 Å². The molecular weight excluding hydrogens is 672 g/mol. The third kappa shape index (κ3) is 8.44. The number of aromatic nitrogens is 3. The lowest BCUT2D eigenvalue weighted by atomic mass is 10.0. The zero-order valence-corrected chi connectivity index (χ0v) is 29.5. The summed E-state index contributed by atoms with van der Waals surface area (Å²) >= 11 is 7.01. The molecule has 5 N–H and O–H groups in total. The highest BCUT2D eigenvalue weighted by Gasteiger charge is 2.22. The molecule has 14 heteroatoms. The maximum Gasteiger partial charge on any atom is 0.274 e. The number of carbonyl (C=O) groups excluding carboxylic acids is 3. The standard InChI is InChI=1S/C37H41ClN8O5/c1-21-26(5-4-6-28(21)45-36(49)30-15-31(50-2)23(18-42-30)17-40-20-25-9-12-33(48)44-25)35-34(38)27(13-14-41-35)29-10-7-22(37(46-29)51-3)16-39-19-24-8-11-32(47)43-24/h4-7,10,13-15,18,24-25,39-40H,8-9,11-12,16-17,19-20H2,1-3H3,(H,43,47)(H,44,48)(H,45,49)/t24-,25+/m1/s1. The molecule has 2 aliphatic rings. The van der Waals surface area contributed by atoms with Crippen LogP contribution >= 0.6 is 11.6 Å². The predicted octanol–water partition coefficient (Wildman–Crippen LogP) is 4.17. The molecule has 0 saturated carbocycles. The number of ether oxygens (including phenoxy) is 2. The van der Waals surface area contributed by atoms with Crippen molar-refractivity contribution in [2.24, 2.45) is 0 Å². The number of halogens is 1. The fourth-order valence-corrected chi connectivity index (χ4v) is 6.62. The minimum absolute atomic E-state index is 0.0725. The Labute approximate surface area is 301 Å². The largest absolute Gasteiger partial charge is 0.496 e. The number of pyridine rings is 3. The summed E-state index contributed by atoms with van der Waals surface area (Å²) in [5.41, 5.74) is 5.83. The van der Waals surface area contributed by atoms with E-state index in [9.17, 15) is 14.4 Å². The van der Waals surface area contributed by atoms with Crippen LogP contribution in [0.15, 0.2) is 54.9 Å². The normalized spacial score (nSPS) is 16.9. The van der Waals surface area contributed by atoms with Gasteiger partial charge in [0.25, 0.3) is 5.91 Å². The van der Waals surface area contributed by atoms with Gasteiger partial charge >= 0.3 is 0 Å². The van der Waals surface area contributed by atoms with Crippen molar-refractivity contribution >= 4 is 35.0 Å². The van der Waals surface area contributed by atoms with E-state index in [0.29, 0.717) is 78.3 Å². The van der Waals surface area contributed by atoms with Crippen LogP contribution in [0.1, 0.15) is 52.9 Å². The van der Waals surface area contributed by atoms with E-state index in [2.05, 4.69) is 36.6 Å². The third-order valence-corrected chi connectivity index (χ3v) is 9.50. The number of carbonyl (C=O) groups is 3. The number of nitrogens with zero attached hydrogens (tertiary/aromatic N) is 3. The lowest BCUT2D eigenvalue weighted by Gasteiger charge is -2.16. The zero-order valence-electron chi connectivity index (χ0n) is 28.8. The fourth-order valence-electron chi connectivity index (χ4n) is 6.31. The van der Waals surface area contributed by atoms with E-state index >= 15 is 0 Å². The van der Waals surface area contributed by atoms with Crippen LogP contribution in [0.25, 0.3) is 22.5 Å². The average Bonchev–Trinajstić information content (AvgIpc) is 3.76. The second-order valence-corrected chi connectivity index (χ2v) is 12.9. The fraction of sp³-hybridized carbons (Fsp3) is 0.351. The van der Waals surface area contributed by atoms with Gasteiger partial charge in [-0.25, -0.2) is 4.98 Å². The lowest BCUT2D eigenvalue weighted by Crippen LogP contribution is -2.35. The number of hydrogen-bond donors (Lipinski definition) is 5. The van der Waals surface area contributed by atoms with Crippen molar-refractivity contribution in [3.8, 4) is 34.1 Å². The van der Waals surface area contributed by atoms with E-state index in [-0.39, 0.29) is 29.6 Å². The molecule has 2 aliphatic heterocycles. The maximum atomic E-state index is 13.4. The van der Waals surface area contributed by atoms with Crippen LogP contribution in [-0.4, -0.2) is 72.1 Å². The van der Waals surface area contributed by atoms with Gasteiger partial charge in [-0.1, -0.05) is 29.8 Å². The van der Waals surface area contributed by atoms with Crippen molar-refractivity contribution in [1.29, 1.82) is 0 Å². The van der Waals surface area contributed by atoms with Gasteiger partial charge in [-0.2, -0.15) is 0 Å². The monoisotopic (exact) mass is 712 g/mol. The van der Waals surface area contributed by atoms with Crippen LogP contribution in [0, 0.1) is 6.92 Å². The highest BCUT2D eigenvalue weighted by atomic mass is 35.5. The molecule has 3 aromatic heterocycles. The number of anilines is 1. The first-order chi connectivity index (χ1) is 24.7. The summed E-state index contributed by atoms with van der Waals surface area (Å²) < 4.78 is 11.2. The van der Waals surface area contributed by atoms with Crippen molar-refractivity contribution in [2.45, 2.75) is 57.8 Å². The Morgan fingerprint density at radius 1 is 0.902 bits per heavy atom. The first kappa shape index (κ1) is 35.7. The van der Waals surface area contributed by atoms with E-state index in [0.717, 1.165) is 35.1 Å². The van der Waals surface area contributed by atoms with Crippen molar-refractivity contribution < 1.29 is 23.9 Å². The van der Waals surface area contributed by atoms with Crippen molar-refractivity contribution in [3.63, 3.8) is 0 Å². The van der Waals surface area contributed by atoms with Gasteiger partial charge in [-0.15, -0.1) is 0 Å². The Morgan fingerprint density at radius 3 is 2.25 bits per heavy atom. The van der Waals surface area contributed by atoms with Crippen molar-refractivity contribution in [2.75, 3.05) is 32.6 Å². The molecule has 13 nitrogen and oxygen atoms in total. The molecule has 51 heavy (non-hydrogen) atoms. The number of methoxy groups -OCH3 is 2. The summed E-state index contributed by atoms with van der Waals surface area (Å²) in [6.07, 6.45) is 6.03. The summed E-state index contributed by atoms with van der Waals surface area (Å²) in [7, 11) is 3.13. The average molecular weight is 713 g/mol. The van der Waals surface area contributed by atoms with Crippen molar-refractivity contribution in [3.05, 3.63) is 82.3 Å². The molecule has 4 aromatic rings. The van der Waals surface area contributed by atoms with Crippen LogP contribution < -0.4 is 36.1 Å². The smallest absolute Gasteiger partial charge is 0.274 e. The molecule has 6 rings (SSSR count). The number of benzene rings is 1. The molecule has 2 atom stereocenters. The van der Waals surface area contributed by atoms with Crippen LogP contribution in [0.5, 0.6) is 11.6 Å². The van der Waals surface area contributed by atoms with Gasteiger partial charge in [0, 0.05) is 97.5 Å². The number of rotatable bonds is 14. The molecule has 5 heterocycles. The Balaban J connectivity index is 1.15. The number of amides is 3. The minimum Gasteiger partial charge on any atom is -0.496 e. The summed E-state index contributed by atoms with van der Waals surface area (Å²) in [6.45, 7) is 4.19. The predicted molar refractivity (Wildman–Crippen MR) is 194 cm³/mol. The minimum atomic E-state index is -0.395. The van der Waals surface area contributed by atoms with Crippen LogP contribution in [0.4, 0.5) is 5.69 Å². The highest BCUT2D eigenvalue weighted by molar-refractivity contribution is 6.35. The van der Waals surface area contributed by atoms with E-state index in [1.165, 1.54) is 0 Å². The highest BCUT2D eigenvalue weighted by Crippen LogP contribution is 2.38. The second-order valence-electron chi connectivity index (χ2n) is 12.6. The summed E-state index contributed by atoms with van der Waals surface area (Å²) in [5, 5.41) is 16.0. The molecule has 0 aliphatic carbocycles. The van der Waals surface area contributed by atoms with Crippen molar-refractivity contribution in [1.82, 2.24) is 36.2 Å². The van der Waals surface area contributed by atoms with Gasteiger partial charge in [-0.05, 0) is 43.5 Å². The first-order valence-corrected chi connectivity index (χ1v) is 17.2. The summed E-state index contributed by atoms with van der Waals surface area (Å²) in [5.74, 6) is 0.769. The van der Waals surface area contributed by atoms with Gasteiger partial charge in [0.1, 0.15) is 11.4 Å². The van der Waals surface area contributed by atoms with E-state index in [1.807, 2.05) is 37.3 Å². The summed E-state index contributed by atoms with van der Waals surface area (Å²) in [4.78, 5) is 50.1. The molecular formula is C37H41ClN8O5. The molecule has 2 fully saturated rings. The number of nitrogens with one attached hydrogen (secondary N) is 5. The molecule has 0 radical (unpaired) electrons. The Bertz CT molecular complexity index is 1940. The molecule has 3 amide bonds. The Morgan fingerprint density at radius 2 is 1.61 bits per heavy atom. The van der Waals surface area contributed by atoms with E-state index < -0.39 is 5.91 Å². The van der Waals surface area contributed by atoms with Gasteiger partial charge in [0.2, 0.25) is 17.7 Å². The van der Waals surface area contributed by atoms with Crippen LogP contribution in [0.3, 0.4) is 0 Å². The Hall–Kier alpha value is -5.11. The van der Waals surface area contributed by atoms with Gasteiger partial charge in [0.15, 0.2) is 0 Å². The van der Waals surface area contributed by atoms with E-state index in [4.69, 9.17) is 26.1 Å². The lowest BCUT2D eigenvalue weighted by molar-refractivity contribution is -0.120. The Kier molecular flexibility index (Phi) is 11.4. The quantitative estimate of drug-likeness (QED) is 0.128. The molecule has 2 saturated heterocycles. The van der Waals surface area contributed by atoms with Crippen LogP contribution in [0.2, 0.25) is 5.02 Å². The molecule has 0 unspecified atom stereocenters. The molecule has 0 spiro atoms. The van der Waals surface area contributed by atoms with Gasteiger partial charge in [0.05, 0.1) is 30.6 Å². The van der Waals surface area contributed by atoms with Gasteiger partial charge in [-0.3, -0.25) is 24.4 Å². The molecule has 0 bridgehead atoms. The van der Waals surface area contributed by atoms with Gasteiger partial charge < -0.3 is 36.1 Å². The summed E-state index contributed by atoms with van der Waals surface area (Å²) in [6, 6.07) is 13.0. The zero-order chi connectivity index (χ0) is 35.9. The number of hydrogen-bond acceptors (Lipinski definition) is 10.